The number of rotatable bonds is 10. The summed E-state index contributed by atoms with van der Waals surface area (Å²) in [5.41, 5.74) is -0.722. The van der Waals surface area contributed by atoms with Gasteiger partial charge in [0, 0.05) is 26.6 Å². The van der Waals surface area contributed by atoms with Crippen LogP contribution in [0.3, 0.4) is 0 Å². The number of allylic oxidation sites excluding steroid dienone is 1. The lowest BCUT2D eigenvalue weighted by Crippen LogP contribution is -2.58. The van der Waals surface area contributed by atoms with Gasteiger partial charge in [-0.1, -0.05) is 81.3 Å². The summed E-state index contributed by atoms with van der Waals surface area (Å²) < 4.78 is 18.2. The zero-order valence-electron chi connectivity index (χ0n) is 27.0. The van der Waals surface area contributed by atoms with Crippen molar-refractivity contribution in [1.82, 2.24) is 15.1 Å². The van der Waals surface area contributed by atoms with Crippen molar-refractivity contribution in [3.05, 3.63) is 60.2 Å². The summed E-state index contributed by atoms with van der Waals surface area (Å²) >= 11 is 0. The molecule has 0 radical (unpaired) electrons. The van der Waals surface area contributed by atoms with Crippen molar-refractivity contribution >= 4 is 23.7 Å². The van der Waals surface area contributed by atoms with Crippen molar-refractivity contribution in [2.24, 2.45) is 11.8 Å². The van der Waals surface area contributed by atoms with Crippen LogP contribution in [-0.4, -0.2) is 102 Å². The van der Waals surface area contributed by atoms with Crippen LogP contribution in [0.5, 0.6) is 0 Å². The van der Waals surface area contributed by atoms with Crippen molar-refractivity contribution < 1.29 is 38.5 Å². The number of benzene rings is 1. The number of carbonyl (C=O) groups excluding carboxylic acids is 4. The largest absolute Gasteiger partial charge is 0.455 e. The molecule has 11 heteroatoms. The van der Waals surface area contributed by atoms with Crippen molar-refractivity contribution in [2.45, 2.75) is 88.3 Å². The summed E-state index contributed by atoms with van der Waals surface area (Å²) in [6, 6.07) is 6.72. The Kier molecular flexibility index (Phi) is 11.0. The van der Waals surface area contributed by atoms with Gasteiger partial charge in [-0.2, -0.15) is 0 Å². The van der Waals surface area contributed by atoms with Crippen LogP contribution < -0.4 is 5.32 Å². The number of esters is 1. The van der Waals surface area contributed by atoms with Gasteiger partial charge < -0.3 is 34.4 Å². The number of nitrogens with one attached hydrogen (secondary N) is 1. The Balaban J connectivity index is 1.59. The minimum atomic E-state index is -1.38. The number of cyclic esters (lactones) is 1. The van der Waals surface area contributed by atoms with E-state index in [0.717, 1.165) is 19.3 Å². The third-order valence-corrected chi connectivity index (χ3v) is 9.70. The summed E-state index contributed by atoms with van der Waals surface area (Å²) in [5.74, 6) is -3.62. The highest BCUT2D eigenvalue weighted by molar-refractivity contribution is 5.99. The molecule has 46 heavy (non-hydrogen) atoms. The third kappa shape index (κ3) is 6.37. The second kappa shape index (κ2) is 14.9. The first-order valence-corrected chi connectivity index (χ1v) is 16.6. The summed E-state index contributed by atoms with van der Waals surface area (Å²) in [6.45, 7) is 4.46. The van der Waals surface area contributed by atoms with Crippen molar-refractivity contribution in [1.29, 1.82) is 0 Å². The standard InChI is InChI=1S/C35H47N3O8/c1-4-6-12-19-37-20-13-8-11-16-27(40)36-25(22-44-3)30(23-14-9-7-10-15-23)45-34(43)28-26-17-18-35(46-26)29(28)32(41)38(24(5-2)21-39)31(35)33(37)42/h7-10,13-15,17-18,24-26,28-31,39H,4-6,11-12,16,19-22H2,1-3H3,(H,36,40)/b13-8-/t24-,25+,26-,28+,29+,30+,31-,35+/m0/s1. The number of unbranched alkanes of at least 4 members (excludes halogenated alkanes) is 2. The molecule has 2 saturated heterocycles. The van der Waals surface area contributed by atoms with Crippen LogP contribution in [0.15, 0.2) is 54.6 Å². The highest BCUT2D eigenvalue weighted by atomic mass is 16.6. The molecule has 4 aliphatic rings. The number of amides is 3. The van der Waals surface area contributed by atoms with Crippen molar-refractivity contribution in [2.75, 3.05) is 33.4 Å². The fraction of sp³-hybridized carbons (Fsp3) is 0.600. The number of likely N-dealkylation sites (tertiary alicyclic amines) is 1. The highest BCUT2D eigenvalue weighted by Gasteiger charge is 2.74. The van der Waals surface area contributed by atoms with Gasteiger partial charge in [-0.25, -0.2) is 0 Å². The van der Waals surface area contributed by atoms with E-state index < -0.39 is 59.6 Å². The molecule has 1 spiro atoms. The Hall–Kier alpha value is -3.54. The van der Waals surface area contributed by atoms with Gasteiger partial charge in [0.1, 0.15) is 23.7 Å². The number of aliphatic hydroxyl groups is 1. The predicted molar refractivity (Wildman–Crippen MR) is 169 cm³/mol. The Labute approximate surface area is 270 Å². The summed E-state index contributed by atoms with van der Waals surface area (Å²) in [5, 5.41) is 13.4. The van der Waals surface area contributed by atoms with E-state index >= 15 is 0 Å². The topological polar surface area (TPSA) is 135 Å². The van der Waals surface area contributed by atoms with Gasteiger partial charge in [0.25, 0.3) is 0 Å². The van der Waals surface area contributed by atoms with E-state index in [2.05, 4.69) is 12.2 Å². The number of hydrogen-bond donors (Lipinski definition) is 2. The second-order valence-electron chi connectivity index (χ2n) is 12.6. The number of fused-ring (bicyclic) bond motifs is 2. The van der Waals surface area contributed by atoms with Crippen LogP contribution in [-0.2, 0) is 33.4 Å². The first kappa shape index (κ1) is 33.8. The van der Waals surface area contributed by atoms with E-state index in [4.69, 9.17) is 14.2 Å². The molecule has 0 saturated carbocycles. The first-order valence-electron chi connectivity index (χ1n) is 16.6. The molecule has 0 unspecified atom stereocenters. The fourth-order valence-electron chi connectivity index (χ4n) is 7.41. The first-order chi connectivity index (χ1) is 22.3. The molecule has 2 fully saturated rings. The van der Waals surface area contributed by atoms with Crippen LogP contribution in [0, 0.1) is 11.8 Å². The van der Waals surface area contributed by atoms with Gasteiger partial charge in [0.15, 0.2) is 0 Å². The molecule has 8 atom stereocenters. The molecular formula is C35H47N3O8. The quantitative estimate of drug-likeness (QED) is 0.227. The minimum absolute atomic E-state index is 0.0803. The van der Waals surface area contributed by atoms with E-state index in [9.17, 15) is 24.3 Å². The molecule has 4 aliphatic heterocycles. The monoisotopic (exact) mass is 637 g/mol. The fourth-order valence-corrected chi connectivity index (χ4v) is 7.41. The van der Waals surface area contributed by atoms with E-state index in [-0.39, 0.29) is 31.4 Å². The van der Waals surface area contributed by atoms with Gasteiger partial charge >= 0.3 is 5.97 Å². The average molecular weight is 638 g/mol. The molecule has 11 nitrogen and oxygen atoms in total. The van der Waals surface area contributed by atoms with Gasteiger partial charge in [-0.05, 0) is 24.8 Å². The molecular weight excluding hydrogens is 590 g/mol. The maximum atomic E-state index is 14.6. The molecule has 2 N–H and O–H groups in total. The van der Waals surface area contributed by atoms with Crippen LogP contribution >= 0.6 is 0 Å². The van der Waals surface area contributed by atoms with Crippen molar-refractivity contribution in [3.8, 4) is 0 Å². The van der Waals surface area contributed by atoms with Crippen LogP contribution in [0.4, 0.5) is 0 Å². The average Bonchev–Trinajstić information content (AvgIpc) is 3.70. The lowest BCUT2D eigenvalue weighted by Gasteiger charge is -2.38. The van der Waals surface area contributed by atoms with E-state index in [1.165, 1.54) is 12.0 Å². The molecule has 250 valence electrons. The second-order valence-corrected chi connectivity index (χ2v) is 12.6. The van der Waals surface area contributed by atoms with Crippen LogP contribution in [0.1, 0.15) is 64.0 Å². The van der Waals surface area contributed by atoms with E-state index in [1.807, 2.05) is 49.4 Å². The summed E-state index contributed by atoms with van der Waals surface area (Å²) in [4.78, 5) is 59.6. The number of nitrogens with zero attached hydrogens (tertiary/aromatic N) is 2. The Morgan fingerprint density at radius 1 is 1.09 bits per heavy atom. The SMILES string of the molecule is CCCCCN1C/C=C\CCC(=O)N[C@H](COC)[C@@H](c2ccccc2)OC(=O)[C@@H]2[C@@H]3C=C[C@]4(O3)[C@H](C1=O)N([C@@H](CC)CO)C(=O)[C@@H]24. The molecule has 1 aromatic rings. The van der Waals surface area contributed by atoms with Crippen LogP contribution in [0.25, 0.3) is 0 Å². The maximum Gasteiger partial charge on any atom is 0.313 e. The van der Waals surface area contributed by atoms with Crippen LogP contribution in [0.2, 0.25) is 0 Å². The number of ether oxygens (including phenoxy) is 3. The number of aliphatic hydroxyl groups excluding tert-OH is 1. The smallest absolute Gasteiger partial charge is 0.313 e. The highest BCUT2D eigenvalue weighted by Crippen LogP contribution is 2.56. The molecule has 0 aliphatic carbocycles. The zero-order chi connectivity index (χ0) is 32.8. The molecule has 4 heterocycles. The Morgan fingerprint density at radius 2 is 1.87 bits per heavy atom. The Bertz CT molecular complexity index is 1310. The molecule has 5 rings (SSSR count). The minimum Gasteiger partial charge on any atom is -0.455 e. The van der Waals surface area contributed by atoms with Gasteiger partial charge in [0.2, 0.25) is 17.7 Å². The number of hydrogen-bond acceptors (Lipinski definition) is 8. The third-order valence-electron chi connectivity index (χ3n) is 9.70. The van der Waals surface area contributed by atoms with E-state index in [0.29, 0.717) is 31.5 Å². The molecule has 5 bridgehead atoms. The summed E-state index contributed by atoms with van der Waals surface area (Å²) in [7, 11) is 1.51. The molecule has 3 amide bonds. The van der Waals surface area contributed by atoms with Gasteiger partial charge in [-0.15, -0.1) is 0 Å². The number of carbonyl (C=O) groups is 4. The van der Waals surface area contributed by atoms with Gasteiger partial charge in [0.05, 0.1) is 37.3 Å². The lowest BCUT2D eigenvalue weighted by atomic mass is 9.74. The molecule has 0 aromatic heterocycles. The normalized spacial score (nSPS) is 32.8. The van der Waals surface area contributed by atoms with E-state index in [1.54, 1.807) is 17.1 Å². The summed E-state index contributed by atoms with van der Waals surface area (Å²) in [6.07, 6.45) is 9.34. The lowest BCUT2D eigenvalue weighted by molar-refractivity contribution is -0.163. The maximum absolute atomic E-state index is 14.6. The zero-order valence-corrected chi connectivity index (χ0v) is 27.0. The molecule has 1 aromatic carbocycles. The van der Waals surface area contributed by atoms with Crippen molar-refractivity contribution in [3.63, 3.8) is 0 Å². The predicted octanol–water partition coefficient (Wildman–Crippen LogP) is 2.69. The van der Waals surface area contributed by atoms with Gasteiger partial charge in [-0.3, -0.25) is 19.2 Å². The Morgan fingerprint density at radius 3 is 2.57 bits per heavy atom. The number of methoxy groups -OCH3 is 1.